The Balaban J connectivity index is 1.20. The van der Waals surface area contributed by atoms with E-state index in [1.807, 2.05) is 13.0 Å². The van der Waals surface area contributed by atoms with Crippen LogP contribution in [0.3, 0.4) is 0 Å². The van der Waals surface area contributed by atoms with Gasteiger partial charge in [0.15, 0.2) is 35.5 Å². The van der Waals surface area contributed by atoms with Crippen LogP contribution in [-0.2, 0) is 12.8 Å². The van der Waals surface area contributed by atoms with Gasteiger partial charge >= 0.3 is 0 Å². The van der Waals surface area contributed by atoms with Gasteiger partial charge in [0.1, 0.15) is 6.61 Å². The molecular formula is C37H47F5O. The molecule has 0 aromatic heterocycles. The predicted octanol–water partition coefficient (Wildman–Crippen LogP) is 11.2. The second-order valence-corrected chi connectivity index (χ2v) is 12.6. The van der Waals surface area contributed by atoms with Crippen molar-refractivity contribution in [2.45, 2.75) is 103 Å². The van der Waals surface area contributed by atoms with Crippen molar-refractivity contribution in [2.75, 3.05) is 6.61 Å². The summed E-state index contributed by atoms with van der Waals surface area (Å²) < 4.78 is 78.3. The molecule has 6 heteroatoms. The Morgan fingerprint density at radius 3 is 2.05 bits per heavy atom. The first-order valence-corrected chi connectivity index (χ1v) is 16.2. The van der Waals surface area contributed by atoms with Crippen molar-refractivity contribution in [1.82, 2.24) is 0 Å². The SMILES string of the molecule is C=CCCC1CCC(/C=C/C2CCC(CCc3ccc(C(F)C(F)COc4ccc(CC)cc4F)c(F)c3F)CC2)CC1. The molecule has 2 atom stereocenters. The molecule has 4 rings (SSSR count). The fourth-order valence-corrected chi connectivity index (χ4v) is 6.71. The largest absolute Gasteiger partial charge is 0.487 e. The summed E-state index contributed by atoms with van der Waals surface area (Å²) >= 11 is 0. The minimum Gasteiger partial charge on any atom is -0.487 e. The Bertz CT molecular complexity index is 1190. The third-order valence-electron chi connectivity index (χ3n) is 9.65. The van der Waals surface area contributed by atoms with Crippen LogP contribution in [0.4, 0.5) is 22.0 Å². The van der Waals surface area contributed by atoms with Gasteiger partial charge in [0.05, 0.1) is 0 Å². The number of aryl methyl sites for hydroxylation is 2. The second-order valence-electron chi connectivity index (χ2n) is 12.6. The summed E-state index contributed by atoms with van der Waals surface area (Å²) in [6.45, 7) is 4.88. The van der Waals surface area contributed by atoms with Gasteiger partial charge < -0.3 is 4.74 Å². The number of hydrogen-bond donors (Lipinski definition) is 0. The van der Waals surface area contributed by atoms with Crippen LogP contribution in [0.5, 0.6) is 5.75 Å². The van der Waals surface area contributed by atoms with Gasteiger partial charge in [-0.05, 0) is 130 Å². The normalized spacial score (nSPS) is 24.1. The zero-order valence-corrected chi connectivity index (χ0v) is 25.5. The van der Waals surface area contributed by atoms with Gasteiger partial charge in [-0.3, -0.25) is 0 Å². The van der Waals surface area contributed by atoms with Crippen LogP contribution >= 0.6 is 0 Å². The molecule has 0 radical (unpaired) electrons. The molecule has 0 saturated heterocycles. The summed E-state index contributed by atoms with van der Waals surface area (Å²) in [7, 11) is 0. The minimum absolute atomic E-state index is 0.184. The third kappa shape index (κ3) is 9.43. The number of allylic oxidation sites excluding steroid dienone is 3. The number of ether oxygens (including phenoxy) is 1. The molecule has 236 valence electrons. The maximum Gasteiger partial charge on any atom is 0.169 e. The number of rotatable bonds is 14. The van der Waals surface area contributed by atoms with E-state index < -0.39 is 42.0 Å². The highest BCUT2D eigenvalue weighted by Gasteiger charge is 2.29. The standard InChI is InChI=1S/C37H47F5O/c1-3-5-6-26-7-9-27(10-8-26)11-12-28-13-15-29(16-14-28)17-19-30-20-21-31(37(42)35(30)40)36(41)33(39)24-43-34-22-18-25(4-2)23-32(34)38/h3,11-12,18,20-23,26-29,33,36H,1,4-10,13-17,19,24H2,2H3/b12-11+. The molecule has 2 aliphatic carbocycles. The van der Waals surface area contributed by atoms with Crippen molar-refractivity contribution in [3.8, 4) is 5.75 Å². The van der Waals surface area contributed by atoms with Crippen molar-refractivity contribution in [3.63, 3.8) is 0 Å². The molecule has 2 aromatic carbocycles. The van der Waals surface area contributed by atoms with E-state index in [-0.39, 0.29) is 11.3 Å². The number of benzene rings is 2. The topological polar surface area (TPSA) is 9.23 Å². The summed E-state index contributed by atoms with van der Waals surface area (Å²) in [6, 6.07) is 6.73. The van der Waals surface area contributed by atoms with Gasteiger partial charge in [-0.1, -0.05) is 43.4 Å². The minimum atomic E-state index is -2.43. The lowest BCUT2D eigenvalue weighted by atomic mass is 9.77. The van der Waals surface area contributed by atoms with Gasteiger partial charge in [0.2, 0.25) is 0 Å². The van der Waals surface area contributed by atoms with Crippen LogP contribution in [0.15, 0.2) is 55.1 Å². The summed E-state index contributed by atoms with van der Waals surface area (Å²) in [5, 5.41) is 0. The van der Waals surface area contributed by atoms with Crippen LogP contribution in [0.25, 0.3) is 0 Å². The Hall–Kier alpha value is -2.63. The fourth-order valence-electron chi connectivity index (χ4n) is 6.71. The van der Waals surface area contributed by atoms with Crippen LogP contribution < -0.4 is 4.74 Å². The second kappa shape index (κ2) is 16.4. The quantitative estimate of drug-likeness (QED) is 0.154. The number of alkyl halides is 2. The smallest absolute Gasteiger partial charge is 0.169 e. The first kappa shape index (κ1) is 33.3. The number of halogens is 5. The highest BCUT2D eigenvalue weighted by atomic mass is 19.2. The Morgan fingerprint density at radius 1 is 0.837 bits per heavy atom. The van der Waals surface area contributed by atoms with E-state index in [4.69, 9.17) is 4.74 Å². The van der Waals surface area contributed by atoms with Crippen LogP contribution in [0, 0.1) is 41.1 Å². The molecule has 2 unspecified atom stereocenters. The highest BCUT2D eigenvalue weighted by molar-refractivity contribution is 5.30. The molecule has 2 saturated carbocycles. The van der Waals surface area contributed by atoms with Crippen LogP contribution in [0.1, 0.15) is 100 Å². The van der Waals surface area contributed by atoms with Gasteiger partial charge in [-0.25, -0.2) is 22.0 Å². The lowest BCUT2D eigenvalue weighted by Crippen LogP contribution is -2.21. The van der Waals surface area contributed by atoms with Gasteiger partial charge in [-0.2, -0.15) is 0 Å². The highest BCUT2D eigenvalue weighted by Crippen LogP contribution is 2.36. The lowest BCUT2D eigenvalue weighted by molar-refractivity contribution is 0.104. The predicted molar refractivity (Wildman–Crippen MR) is 164 cm³/mol. The molecule has 2 aliphatic rings. The van der Waals surface area contributed by atoms with E-state index in [1.54, 1.807) is 6.07 Å². The Kier molecular flexibility index (Phi) is 12.7. The zero-order valence-electron chi connectivity index (χ0n) is 25.5. The lowest BCUT2D eigenvalue weighted by Gasteiger charge is -2.29. The fraction of sp³-hybridized carbons (Fsp3) is 0.568. The van der Waals surface area contributed by atoms with Gasteiger partial charge in [-0.15, -0.1) is 6.58 Å². The maximum atomic E-state index is 14.9. The maximum absolute atomic E-state index is 14.9. The average Bonchev–Trinajstić information content (AvgIpc) is 3.03. The van der Waals surface area contributed by atoms with Crippen molar-refractivity contribution in [3.05, 3.63) is 89.3 Å². The zero-order chi connectivity index (χ0) is 30.8. The summed E-state index contributed by atoms with van der Waals surface area (Å²) in [5.74, 6) is -0.788. The Labute approximate surface area is 254 Å². The van der Waals surface area contributed by atoms with Crippen molar-refractivity contribution < 1.29 is 26.7 Å². The van der Waals surface area contributed by atoms with Crippen molar-refractivity contribution in [2.24, 2.45) is 23.7 Å². The van der Waals surface area contributed by atoms with Gasteiger partial charge in [0, 0.05) is 5.56 Å². The van der Waals surface area contributed by atoms with Gasteiger partial charge in [0.25, 0.3) is 0 Å². The Morgan fingerprint density at radius 2 is 1.47 bits per heavy atom. The van der Waals surface area contributed by atoms with Crippen LogP contribution in [0.2, 0.25) is 0 Å². The van der Waals surface area contributed by atoms with E-state index >= 15 is 0 Å². The van der Waals surface area contributed by atoms with E-state index in [0.29, 0.717) is 30.6 Å². The first-order valence-electron chi connectivity index (χ1n) is 16.2. The number of hydrogen-bond acceptors (Lipinski definition) is 1. The molecule has 0 spiro atoms. The van der Waals surface area contributed by atoms with E-state index in [2.05, 4.69) is 18.7 Å². The molecule has 2 fully saturated rings. The molecule has 1 nitrogen and oxygen atoms in total. The molecule has 0 heterocycles. The molecule has 0 aliphatic heterocycles. The molecule has 0 amide bonds. The summed E-state index contributed by atoms with van der Waals surface area (Å²) in [6.07, 6.45) is 15.8. The summed E-state index contributed by atoms with van der Waals surface area (Å²) in [5.41, 5.74) is 0.242. The molecule has 0 N–H and O–H groups in total. The van der Waals surface area contributed by atoms with E-state index in [1.165, 1.54) is 50.3 Å². The van der Waals surface area contributed by atoms with Crippen LogP contribution in [-0.4, -0.2) is 12.8 Å². The molecule has 0 bridgehead atoms. The monoisotopic (exact) mass is 602 g/mol. The molecule has 43 heavy (non-hydrogen) atoms. The van der Waals surface area contributed by atoms with E-state index in [0.717, 1.165) is 56.1 Å². The van der Waals surface area contributed by atoms with Crippen molar-refractivity contribution in [1.29, 1.82) is 0 Å². The summed E-state index contributed by atoms with van der Waals surface area (Å²) in [4.78, 5) is 0. The first-order chi connectivity index (χ1) is 20.8. The van der Waals surface area contributed by atoms with E-state index in [9.17, 15) is 22.0 Å². The molecular weight excluding hydrogens is 555 g/mol. The average molecular weight is 603 g/mol. The third-order valence-corrected chi connectivity index (χ3v) is 9.65. The van der Waals surface area contributed by atoms with Crippen molar-refractivity contribution >= 4 is 0 Å². The molecule has 2 aromatic rings.